The van der Waals surface area contributed by atoms with Crippen molar-refractivity contribution in [2.45, 2.75) is 17.9 Å². The van der Waals surface area contributed by atoms with E-state index in [1.807, 2.05) is 12.3 Å². The quantitative estimate of drug-likeness (QED) is 0.792. The molecule has 0 saturated heterocycles. The van der Waals surface area contributed by atoms with Crippen molar-refractivity contribution in [2.75, 3.05) is 17.7 Å². The van der Waals surface area contributed by atoms with Crippen LogP contribution >= 0.6 is 11.8 Å². The molecule has 3 N–H and O–H groups in total. The molecule has 0 fully saturated rings. The monoisotopic (exact) mass is 285 g/mol. The summed E-state index contributed by atoms with van der Waals surface area (Å²) in [6.45, 7) is 1.79. The first-order valence-corrected chi connectivity index (χ1v) is 8.09. The summed E-state index contributed by atoms with van der Waals surface area (Å²) in [7, 11) is -3.64. The third-order valence-corrected chi connectivity index (χ3v) is 4.70. The van der Waals surface area contributed by atoms with Crippen molar-refractivity contribution in [1.82, 2.24) is 4.72 Å². The van der Waals surface area contributed by atoms with Gasteiger partial charge in [0.25, 0.3) is 0 Å². The summed E-state index contributed by atoms with van der Waals surface area (Å²) in [4.78, 5) is 0.00875. The molecule has 7 heteroatoms. The van der Waals surface area contributed by atoms with Gasteiger partial charge in [0.2, 0.25) is 10.0 Å². The summed E-state index contributed by atoms with van der Waals surface area (Å²) in [6, 6.07) is 5.87. The van der Waals surface area contributed by atoms with Gasteiger partial charge in [-0.15, -0.1) is 0 Å². The average molecular weight is 285 g/mol. The number of nitrogens with one attached hydrogen (secondary N) is 1. The minimum atomic E-state index is -3.64. The zero-order chi connectivity index (χ0) is 13.8. The van der Waals surface area contributed by atoms with Crippen LogP contribution < -0.4 is 10.5 Å². The van der Waals surface area contributed by atoms with E-state index in [2.05, 4.69) is 4.72 Å². The Hall–Kier alpha value is -1.23. The average Bonchev–Trinajstić information content (AvgIpc) is 2.27. The van der Waals surface area contributed by atoms with E-state index in [9.17, 15) is 8.42 Å². The summed E-state index contributed by atoms with van der Waals surface area (Å²) >= 11 is 1.55. The highest BCUT2D eigenvalue weighted by atomic mass is 32.2. The zero-order valence-corrected chi connectivity index (χ0v) is 11.8. The maximum absolute atomic E-state index is 12.1. The van der Waals surface area contributed by atoms with E-state index in [-0.39, 0.29) is 16.6 Å². The predicted molar refractivity (Wildman–Crippen MR) is 73.7 cm³/mol. The third-order valence-electron chi connectivity index (χ3n) is 2.20. The Bertz CT molecular complexity index is 564. The first-order valence-electron chi connectivity index (χ1n) is 5.21. The van der Waals surface area contributed by atoms with Gasteiger partial charge in [0.15, 0.2) is 0 Å². The number of nitriles is 1. The molecule has 1 aromatic carbocycles. The second-order valence-corrected chi connectivity index (χ2v) is 6.44. The second-order valence-electron chi connectivity index (χ2n) is 3.84. The van der Waals surface area contributed by atoms with Crippen molar-refractivity contribution >= 4 is 27.5 Å². The molecule has 0 aliphatic heterocycles. The number of benzene rings is 1. The van der Waals surface area contributed by atoms with Crippen molar-refractivity contribution in [3.8, 4) is 6.07 Å². The van der Waals surface area contributed by atoms with Crippen LogP contribution in [-0.2, 0) is 10.0 Å². The van der Waals surface area contributed by atoms with Crippen LogP contribution in [-0.4, -0.2) is 26.5 Å². The molecule has 5 nitrogen and oxygen atoms in total. The van der Waals surface area contributed by atoms with Gasteiger partial charge in [0.05, 0.1) is 17.3 Å². The fourth-order valence-corrected chi connectivity index (χ4v) is 3.52. The smallest absolute Gasteiger partial charge is 0.242 e. The molecule has 0 bridgehead atoms. The summed E-state index contributed by atoms with van der Waals surface area (Å²) in [5.41, 5.74) is 6.08. The molecule has 98 valence electrons. The highest BCUT2D eigenvalue weighted by Gasteiger charge is 2.19. The van der Waals surface area contributed by atoms with Crippen LogP contribution in [0.15, 0.2) is 23.1 Å². The van der Waals surface area contributed by atoms with Crippen LogP contribution in [0, 0.1) is 11.3 Å². The molecule has 1 aromatic rings. The SMILES string of the molecule is CSCC(C)NS(=O)(=O)c1ccc(C#N)cc1N. The fourth-order valence-electron chi connectivity index (χ4n) is 1.48. The lowest BCUT2D eigenvalue weighted by Gasteiger charge is -2.14. The minimum absolute atomic E-state index is 0.00875. The van der Waals surface area contributed by atoms with Crippen molar-refractivity contribution in [3.63, 3.8) is 0 Å². The predicted octanol–water partition coefficient (Wildman–Crippen LogP) is 1.17. The molecule has 0 aliphatic rings. The van der Waals surface area contributed by atoms with E-state index in [1.54, 1.807) is 18.7 Å². The number of nitrogen functional groups attached to an aromatic ring is 1. The van der Waals surface area contributed by atoms with Gasteiger partial charge in [-0.1, -0.05) is 0 Å². The van der Waals surface area contributed by atoms with Crippen LogP contribution in [0.25, 0.3) is 0 Å². The molecule has 18 heavy (non-hydrogen) atoms. The van der Waals surface area contributed by atoms with E-state index < -0.39 is 10.0 Å². The molecular formula is C11H15N3O2S2. The number of nitrogens with zero attached hydrogens (tertiary/aromatic N) is 1. The van der Waals surface area contributed by atoms with Crippen LogP contribution in [0.3, 0.4) is 0 Å². The van der Waals surface area contributed by atoms with Crippen LogP contribution in [0.2, 0.25) is 0 Å². The number of hydrogen-bond donors (Lipinski definition) is 2. The Labute approximate surface area is 111 Å². The van der Waals surface area contributed by atoms with Gasteiger partial charge >= 0.3 is 0 Å². The number of nitrogens with two attached hydrogens (primary N) is 1. The van der Waals surface area contributed by atoms with Crippen molar-refractivity contribution < 1.29 is 8.42 Å². The lowest BCUT2D eigenvalue weighted by atomic mass is 10.2. The molecule has 0 aliphatic carbocycles. The number of rotatable bonds is 5. The lowest BCUT2D eigenvalue weighted by molar-refractivity contribution is 0.571. The molecule has 0 heterocycles. The van der Waals surface area contributed by atoms with Crippen molar-refractivity contribution in [2.24, 2.45) is 0 Å². The van der Waals surface area contributed by atoms with Crippen molar-refractivity contribution in [3.05, 3.63) is 23.8 Å². The Balaban J connectivity index is 3.03. The molecular weight excluding hydrogens is 270 g/mol. The van der Waals surface area contributed by atoms with E-state index in [1.165, 1.54) is 18.2 Å². The molecule has 1 unspecified atom stereocenters. The molecule has 0 spiro atoms. The van der Waals surface area contributed by atoms with Gasteiger partial charge in [0.1, 0.15) is 4.90 Å². The van der Waals surface area contributed by atoms with Gasteiger partial charge in [-0.25, -0.2) is 13.1 Å². The van der Waals surface area contributed by atoms with Gasteiger partial charge < -0.3 is 5.73 Å². The Morgan fingerprint density at radius 2 is 2.22 bits per heavy atom. The van der Waals surface area contributed by atoms with Gasteiger partial charge in [-0.05, 0) is 31.4 Å². The lowest BCUT2D eigenvalue weighted by Crippen LogP contribution is -2.34. The Morgan fingerprint density at radius 1 is 1.56 bits per heavy atom. The molecule has 0 radical (unpaired) electrons. The zero-order valence-electron chi connectivity index (χ0n) is 10.2. The number of hydrogen-bond acceptors (Lipinski definition) is 5. The standard InChI is InChI=1S/C11H15N3O2S2/c1-8(7-17-2)14-18(15,16)11-4-3-9(6-12)5-10(11)13/h3-5,8,14H,7,13H2,1-2H3. The van der Waals surface area contributed by atoms with E-state index >= 15 is 0 Å². The summed E-state index contributed by atoms with van der Waals surface area (Å²) in [6.07, 6.45) is 1.90. The van der Waals surface area contributed by atoms with Crippen LogP contribution in [0.5, 0.6) is 0 Å². The first-order chi connectivity index (χ1) is 8.40. The van der Waals surface area contributed by atoms with E-state index in [4.69, 9.17) is 11.0 Å². The highest BCUT2D eigenvalue weighted by Crippen LogP contribution is 2.19. The topological polar surface area (TPSA) is 96.0 Å². The molecule has 1 atom stereocenters. The normalized spacial score (nSPS) is 12.9. The van der Waals surface area contributed by atoms with E-state index in [0.29, 0.717) is 11.3 Å². The summed E-state index contributed by atoms with van der Waals surface area (Å²) in [5.74, 6) is 0.676. The maximum atomic E-state index is 12.1. The largest absolute Gasteiger partial charge is 0.398 e. The first kappa shape index (κ1) is 14.8. The third kappa shape index (κ3) is 3.63. The second kappa shape index (κ2) is 6.09. The van der Waals surface area contributed by atoms with Gasteiger partial charge in [0, 0.05) is 11.8 Å². The number of anilines is 1. The Kier molecular flexibility index (Phi) is 5.02. The van der Waals surface area contributed by atoms with Crippen molar-refractivity contribution in [1.29, 1.82) is 5.26 Å². The molecule has 0 aromatic heterocycles. The van der Waals surface area contributed by atoms with Gasteiger partial charge in [-0.3, -0.25) is 0 Å². The van der Waals surface area contributed by atoms with E-state index in [0.717, 1.165) is 0 Å². The number of thioether (sulfide) groups is 1. The molecule has 1 rings (SSSR count). The summed E-state index contributed by atoms with van der Waals surface area (Å²) in [5, 5.41) is 8.70. The Morgan fingerprint density at radius 3 is 2.72 bits per heavy atom. The maximum Gasteiger partial charge on any atom is 0.242 e. The highest BCUT2D eigenvalue weighted by molar-refractivity contribution is 7.98. The van der Waals surface area contributed by atoms with Crippen LogP contribution in [0.1, 0.15) is 12.5 Å². The fraction of sp³-hybridized carbons (Fsp3) is 0.364. The van der Waals surface area contributed by atoms with Gasteiger partial charge in [-0.2, -0.15) is 17.0 Å². The van der Waals surface area contributed by atoms with Crippen LogP contribution in [0.4, 0.5) is 5.69 Å². The minimum Gasteiger partial charge on any atom is -0.398 e. The number of sulfonamides is 1. The molecule has 0 amide bonds. The summed E-state index contributed by atoms with van der Waals surface area (Å²) < 4.78 is 26.6. The molecule has 0 saturated carbocycles.